The molecule has 0 unspecified atom stereocenters. The third-order valence-corrected chi connectivity index (χ3v) is 0.889. The molecule has 1 aromatic heterocycles. The first-order valence-electron chi connectivity index (χ1n) is 1.40. The monoisotopic (exact) mass is 195 g/mol. The molecule has 1 rings (SSSR count). The Kier molecular flexibility index (Phi) is 1.04. The summed E-state index contributed by atoms with van der Waals surface area (Å²) in [6.45, 7) is 0. The Morgan fingerprint density at radius 3 is 2.67 bits per heavy atom. The SMILES string of the molecule is In1cncn1. The van der Waals surface area contributed by atoms with Crippen LogP contribution in [-0.4, -0.2) is 13.0 Å². The van der Waals surface area contributed by atoms with Gasteiger partial charge in [-0.2, -0.15) is 7.99 Å². The fourth-order valence-corrected chi connectivity index (χ4v) is 0.449. The average Bonchev–Trinajstić information content (AvgIpc) is 1.86. The molecule has 0 amide bonds. The van der Waals surface area contributed by atoms with Crippen LogP contribution in [0.25, 0.3) is 0 Å². The molecule has 0 saturated carbocycles. The highest BCUT2D eigenvalue weighted by Gasteiger charge is 1.73. The molecule has 6 heavy (non-hydrogen) atoms. The van der Waals surface area contributed by atoms with Gasteiger partial charge in [-0.1, -0.05) is 0 Å². The van der Waals surface area contributed by atoms with E-state index in [0.717, 1.165) is 0 Å². The van der Waals surface area contributed by atoms with E-state index < -0.39 is 0 Å². The van der Waals surface area contributed by atoms with Crippen LogP contribution in [0.5, 0.6) is 0 Å². The van der Waals surface area contributed by atoms with E-state index >= 15 is 0 Å². The largest absolute Gasteiger partial charge is 0.223 e. The standard InChI is InChI=1S/C2H2IN3/c3-6-2-4-1-5-6/h1-2H. The number of halogens is 1. The topological polar surface area (TPSA) is 30.7 Å². The zero-order valence-electron chi connectivity index (χ0n) is 2.87. The smallest absolute Gasteiger partial charge is 0.138 e. The first kappa shape index (κ1) is 4.04. The number of aromatic nitrogens is 3. The van der Waals surface area contributed by atoms with Crippen molar-refractivity contribution < 1.29 is 0 Å². The zero-order chi connectivity index (χ0) is 4.41. The first-order chi connectivity index (χ1) is 2.89. The third-order valence-electron chi connectivity index (χ3n) is 0.391. The maximum Gasteiger partial charge on any atom is 0.138 e. The van der Waals surface area contributed by atoms with Crippen molar-refractivity contribution >= 4 is 22.9 Å². The van der Waals surface area contributed by atoms with Gasteiger partial charge in [0.15, 0.2) is 0 Å². The molecule has 0 spiro atoms. The van der Waals surface area contributed by atoms with E-state index in [4.69, 9.17) is 0 Å². The molecule has 1 heterocycles. The van der Waals surface area contributed by atoms with Gasteiger partial charge in [-0.05, 0) is 0 Å². The molecule has 0 saturated heterocycles. The van der Waals surface area contributed by atoms with E-state index in [-0.39, 0.29) is 0 Å². The van der Waals surface area contributed by atoms with Crippen LogP contribution in [0, 0.1) is 0 Å². The van der Waals surface area contributed by atoms with E-state index in [0.29, 0.717) is 0 Å². The lowest BCUT2D eigenvalue weighted by molar-refractivity contribution is 1.06. The second-order valence-corrected chi connectivity index (χ2v) is 1.77. The van der Waals surface area contributed by atoms with Crippen LogP contribution in [-0.2, 0) is 0 Å². The molecule has 4 heteroatoms. The highest BCUT2D eigenvalue weighted by Crippen LogP contribution is 1.82. The van der Waals surface area contributed by atoms with Crippen molar-refractivity contribution in [3.63, 3.8) is 0 Å². The molecule has 0 atom stereocenters. The van der Waals surface area contributed by atoms with Gasteiger partial charge in [-0.15, -0.1) is 0 Å². The Balaban J connectivity index is 3.05. The zero-order valence-corrected chi connectivity index (χ0v) is 5.03. The molecule has 0 aromatic carbocycles. The Morgan fingerprint density at radius 2 is 2.50 bits per heavy atom. The number of hydrogen-bond acceptors (Lipinski definition) is 2. The third kappa shape index (κ3) is 0.675. The minimum absolute atomic E-state index is 1.49. The molecule has 0 fully saturated rings. The van der Waals surface area contributed by atoms with Gasteiger partial charge in [0.2, 0.25) is 0 Å². The van der Waals surface area contributed by atoms with Gasteiger partial charge in [-0.3, -0.25) is 0 Å². The normalized spacial score (nSPS) is 8.83. The molecule has 0 aliphatic heterocycles. The van der Waals surface area contributed by atoms with E-state index in [1.165, 1.54) is 6.33 Å². The molecule has 0 radical (unpaired) electrons. The van der Waals surface area contributed by atoms with Crippen molar-refractivity contribution in [2.75, 3.05) is 0 Å². The maximum atomic E-state index is 3.71. The molecule has 0 bridgehead atoms. The van der Waals surface area contributed by atoms with Crippen molar-refractivity contribution in [3.8, 4) is 0 Å². The summed E-state index contributed by atoms with van der Waals surface area (Å²) in [7, 11) is 0. The predicted molar refractivity (Wildman–Crippen MR) is 29.4 cm³/mol. The summed E-state index contributed by atoms with van der Waals surface area (Å²) in [4.78, 5) is 3.67. The van der Waals surface area contributed by atoms with Crippen LogP contribution in [0.1, 0.15) is 0 Å². The van der Waals surface area contributed by atoms with Gasteiger partial charge in [-0.25, -0.2) is 4.98 Å². The lowest BCUT2D eigenvalue weighted by Gasteiger charge is -1.70. The molecule has 0 aliphatic rings. The molecule has 1 aromatic rings. The molecular weight excluding hydrogens is 193 g/mol. The van der Waals surface area contributed by atoms with E-state index in [2.05, 4.69) is 10.1 Å². The van der Waals surface area contributed by atoms with E-state index in [9.17, 15) is 0 Å². The van der Waals surface area contributed by atoms with Crippen LogP contribution in [0.3, 0.4) is 0 Å². The lowest BCUT2D eigenvalue weighted by atomic mass is 11.3. The Labute approximate surface area is 48.9 Å². The van der Waals surface area contributed by atoms with Gasteiger partial charge in [0.1, 0.15) is 12.7 Å². The Hall–Kier alpha value is -0.130. The lowest BCUT2D eigenvalue weighted by Crippen LogP contribution is -1.72. The van der Waals surface area contributed by atoms with Crippen LogP contribution < -0.4 is 0 Å². The fraction of sp³-hybridized carbons (Fsp3) is 0. The summed E-state index contributed by atoms with van der Waals surface area (Å²) in [6, 6.07) is 0. The van der Waals surface area contributed by atoms with E-state index in [1.807, 2.05) is 22.9 Å². The first-order valence-corrected chi connectivity index (χ1v) is 2.37. The van der Waals surface area contributed by atoms with E-state index in [1.54, 1.807) is 9.22 Å². The second kappa shape index (κ2) is 1.55. The summed E-state index contributed by atoms with van der Waals surface area (Å²) in [6.07, 6.45) is 3.12. The van der Waals surface area contributed by atoms with Crippen molar-refractivity contribution in [2.45, 2.75) is 0 Å². The average molecular weight is 195 g/mol. The van der Waals surface area contributed by atoms with Gasteiger partial charge in [0.25, 0.3) is 0 Å². The van der Waals surface area contributed by atoms with Gasteiger partial charge in [0, 0.05) is 0 Å². The number of rotatable bonds is 0. The maximum absolute atomic E-state index is 3.71. The van der Waals surface area contributed by atoms with Crippen LogP contribution in [0.2, 0.25) is 0 Å². The van der Waals surface area contributed by atoms with Gasteiger partial charge in [0.05, 0.1) is 22.9 Å². The fourth-order valence-electron chi connectivity index (χ4n) is 0.194. The molecule has 0 aliphatic carbocycles. The summed E-state index contributed by atoms with van der Waals surface area (Å²) in [5.74, 6) is 0. The summed E-state index contributed by atoms with van der Waals surface area (Å²) in [5.41, 5.74) is 0. The molecule has 3 nitrogen and oxygen atoms in total. The van der Waals surface area contributed by atoms with Crippen LogP contribution in [0.15, 0.2) is 12.7 Å². The minimum Gasteiger partial charge on any atom is -0.223 e. The van der Waals surface area contributed by atoms with Gasteiger partial charge >= 0.3 is 0 Å². The Bertz CT molecular complexity index is 112. The van der Waals surface area contributed by atoms with Crippen molar-refractivity contribution in [1.82, 2.24) is 13.0 Å². The second-order valence-electron chi connectivity index (χ2n) is 0.784. The molecule has 0 N–H and O–H groups in total. The predicted octanol–water partition coefficient (Wildman–Crippen LogP) is 0.476. The summed E-state index contributed by atoms with van der Waals surface area (Å²) in [5, 5.41) is 3.71. The van der Waals surface area contributed by atoms with Gasteiger partial charge < -0.3 is 0 Å². The summed E-state index contributed by atoms with van der Waals surface area (Å²) >= 11 is 2.02. The Morgan fingerprint density at radius 1 is 1.67 bits per heavy atom. The van der Waals surface area contributed by atoms with Crippen LogP contribution in [0.4, 0.5) is 0 Å². The van der Waals surface area contributed by atoms with Crippen molar-refractivity contribution in [3.05, 3.63) is 12.7 Å². The number of nitrogens with zero attached hydrogens (tertiary/aromatic N) is 3. The molecule has 32 valence electrons. The quantitative estimate of drug-likeness (QED) is 0.563. The summed E-state index contributed by atoms with van der Waals surface area (Å²) < 4.78 is 1.61. The highest BCUT2D eigenvalue weighted by molar-refractivity contribution is 14.1. The number of hydrogen-bond donors (Lipinski definition) is 0. The van der Waals surface area contributed by atoms with Crippen molar-refractivity contribution in [2.24, 2.45) is 0 Å². The molecular formula is C2H2IN3. The van der Waals surface area contributed by atoms with Crippen molar-refractivity contribution in [1.29, 1.82) is 0 Å². The van der Waals surface area contributed by atoms with Crippen LogP contribution >= 0.6 is 22.9 Å². The highest BCUT2D eigenvalue weighted by atomic mass is 127. The minimum atomic E-state index is 1.49.